The van der Waals surface area contributed by atoms with Crippen LogP contribution in [0.3, 0.4) is 0 Å². The van der Waals surface area contributed by atoms with Gasteiger partial charge in [0.25, 0.3) is 0 Å². The van der Waals surface area contributed by atoms with Crippen molar-refractivity contribution in [1.82, 2.24) is 0 Å². The van der Waals surface area contributed by atoms with E-state index in [4.69, 9.17) is 23.2 Å². The van der Waals surface area contributed by atoms with Crippen LogP contribution in [0.15, 0.2) is 12.1 Å². The molecule has 0 N–H and O–H groups in total. The fraction of sp³-hybridized carbons (Fsp3) is 0.111. The highest BCUT2D eigenvalue weighted by Crippen LogP contribution is 2.21. The van der Waals surface area contributed by atoms with Gasteiger partial charge in [0.1, 0.15) is 0 Å². The van der Waals surface area contributed by atoms with Gasteiger partial charge in [-0.15, -0.1) is 22.1 Å². The molecule has 0 aromatic heterocycles. The van der Waals surface area contributed by atoms with Crippen molar-refractivity contribution in [2.24, 2.45) is 0 Å². The third kappa shape index (κ3) is 3.03. The van der Waals surface area contributed by atoms with Crippen LogP contribution in [0.5, 0.6) is 0 Å². The van der Waals surface area contributed by atoms with Crippen LogP contribution >= 0.6 is 32.4 Å². The van der Waals surface area contributed by atoms with Crippen LogP contribution in [-0.4, -0.2) is 0 Å². The Hall–Kier alpha value is -0.210. The summed E-state index contributed by atoms with van der Waals surface area (Å²) in [6, 6.07) is 3.69. The summed E-state index contributed by atoms with van der Waals surface area (Å²) in [5.41, 5.74) is 1.14. The summed E-state index contributed by atoms with van der Waals surface area (Å²) in [7, 11) is 2.60. The molecule has 3 heteroatoms. The number of hydrogen-bond acceptors (Lipinski definition) is 0. The van der Waals surface area contributed by atoms with E-state index in [2.05, 4.69) is 22.1 Å². The van der Waals surface area contributed by atoms with Gasteiger partial charge in [0.15, 0.2) is 0 Å². The monoisotopic (exact) mass is 218 g/mol. The summed E-state index contributed by atoms with van der Waals surface area (Å²) >= 11 is 11.5. The molecule has 64 valence electrons. The van der Waals surface area contributed by atoms with Crippen LogP contribution in [-0.2, 0) is 0 Å². The standard InChI is InChI=1S/C7H7Cl2P.C2H2/c1-4-2-5(8)6(9)3-7(4)10;1-2/h2-3H,10H2,1H3;1-2H. The maximum absolute atomic E-state index is 5.74. The molecule has 0 aliphatic heterocycles. The molecule has 0 bridgehead atoms. The lowest BCUT2D eigenvalue weighted by molar-refractivity contribution is 1.52. The second kappa shape index (κ2) is 5.44. The van der Waals surface area contributed by atoms with Crippen LogP contribution in [0.1, 0.15) is 5.56 Å². The Morgan fingerprint density at radius 1 is 1.17 bits per heavy atom. The van der Waals surface area contributed by atoms with Crippen molar-refractivity contribution < 1.29 is 0 Å². The first-order chi connectivity index (χ1) is 5.61. The van der Waals surface area contributed by atoms with Crippen molar-refractivity contribution in [2.45, 2.75) is 6.92 Å². The molecule has 1 aromatic carbocycles. The molecular weight excluding hydrogens is 210 g/mol. The van der Waals surface area contributed by atoms with Gasteiger partial charge in [-0.25, -0.2) is 0 Å². The largest absolute Gasteiger partial charge is 0.124 e. The minimum absolute atomic E-state index is 0.609. The Bertz CT molecular complexity index is 242. The molecule has 0 saturated heterocycles. The van der Waals surface area contributed by atoms with E-state index in [0.717, 1.165) is 10.9 Å². The number of halogens is 2. The van der Waals surface area contributed by atoms with Gasteiger partial charge in [0.05, 0.1) is 10.0 Å². The Morgan fingerprint density at radius 2 is 1.58 bits per heavy atom. The van der Waals surface area contributed by atoms with E-state index in [1.54, 1.807) is 0 Å². The lowest BCUT2D eigenvalue weighted by Gasteiger charge is -2.00. The quantitative estimate of drug-likeness (QED) is 0.464. The van der Waals surface area contributed by atoms with Gasteiger partial charge >= 0.3 is 0 Å². The highest BCUT2D eigenvalue weighted by molar-refractivity contribution is 7.27. The van der Waals surface area contributed by atoms with Crippen LogP contribution in [0, 0.1) is 19.8 Å². The second-order valence-electron chi connectivity index (χ2n) is 2.12. The van der Waals surface area contributed by atoms with Crippen LogP contribution < -0.4 is 5.30 Å². The minimum Gasteiger partial charge on any atom is -0.124 e. The molecule has 12 heavy (non-hydrogen) atoms. The fourth-order valence-electron chi connectivity index (χ4n) is 0.662. The van der Waals surface area contributed by atoms with Gasteiger partial charge in [-0.05, 0) is 29.9 Å². The molecule has 0 saturated carbocycles. The van der Waals surface area contributed by atoms with E-state index in [9.17, 15) is 0 Å². The van der Waals surface area contributed by atoms with Crippen molar-refractivity contribution in [3.05, 3.63) is 27.7 Å². The van der Waals surface area contributed by atoms with E-state index in [1.165, 1.54) is 0 Å². The fourth-order valence-corrected chi connectivity index (χ4v) is 1.41. The normalized spacial score (nSPS) is 8.50. The molecule has 0 aliphatic carbocycles. The van der Waals surface area contributed by atoms with Gasteiger partial charge in [0, 0.05) is 0 Å². The second-order valence-corrected chi connectivity index (χ2v) is 3.56. The van der Waals surface area contributed by atoms with E-state index in [0.29, 0.717) is 10.0 Å². The molecule has 0 radical (unpaired) electrons. The van der Waals surface area contributed by atoms with Gasteiger partial charge in [-0.2, -0.15) is 0 Å². The zero-order valence-corrected chi connectivity index (χ0v) is 9.31. The van der Waals surface area contributed by atoms with E-state index in [-0.39, 0.29) is 0 Å². The van der Waals surface area contributed by atoms with Gasteiger partial charge < -0.3 is 0 Å². The molecule has 1 aromatic rings. The highest BCUT2D eigenvalue weighted by atomic mass is 35.5. The predicted octanol–water partition coefficient (Wildman–Crippen LogP) is 3.05. The summed E-state index contributed by atoms with van der Waals surface area (Å²) in [5.74, 6) is 0. The van der Waals surface area contributed by atoms with Crippen LogP contribution in [0.4, 0.5) is 0 Å². The maximum atomic E-state index is 5.74. The van der Waals surface area contributed by atoms with Crippen molar-refractivity contribution in [3.8, 4) is 12.8 Å². The first kappa shape index (κ1) is 11.8. The molecule has 0 nitrogen and oxygen atoms in total. The number of rotatable bonds is 0. The van der Waals surface area contributed by atoms with Crippen molar-refractivity contribution in [3.63, 3.8) is 0 Å². The smallest absolute Gasteiger partial charge is 0.0598 e. The van der Waals surface area contributed by atoms with Crippen LogP contribution in [0.2, 0.25) is 10.0 Å². The number of aryl methyl sites for hydroxylation is 1. The Morgan fingerprint density at radius 3 is 2.00 bits per heavy atom. The van der Waals surface area contributed by atoms with Gasteiger partial charge in [-0.3, -0.25) is 0 Å². The van der Waals surface area contributed by atoms with Crippen LogP contribution in [0.25, 0.3) is 0 Å². The Kier molecular flexibility index (Phi) is 5.34. The zero-order valence-electron chi connectivity index (χ0n) is 6.64. The van der Waals surface area contributed by atoms with Crippen molar-refractivity contribution >= 4 is 37.7 Å². The lowest BCUT2D eigenvalue weighted by Crippen LogP contribution is -1.95. The molecule has 0 heterocycles. The van der Waals surface area contributed by atoms with E-state index in [1.807, 2.05) is 19.1 Å². The molecular formula is C9H9Cl2P. The van der Waals surface area contributed by atoms with Crippen molar-refractivity contribution in [1.29, 1.82) is 0 Å². The predicted molar refractivity (Wildman–Crippen MR) is 60.4 cm³/mol. The van der Waals surface area contributed by atoms with Crippen molar-refractivity contribution in [2.75, 3.05) is 0 Å². The van der Waals surface area contributed by atoms with E-state index < -0.39 is 0 Å². The minimum atomic E-state index is 0.609. The first-order valence-corrected chi connectivity index (χ1v) is 4.49. The van der Waals surface area contributed by atoms with Gasteiger partial charge in [-0.1, -0.05) is 23.2 Å². The summed E-state index contributed by atoms with van der Waals surface area (Å²) in [6.45, 7) is 1.99. The van der Waals surface area contributed by atoms with E-state index >= 15 is 0 Å². The average Bonchev–Trinajstić information content (AvgIpc) is 2.05. The number of benzene rings is 1. The summed E-state index contributed by atoms with van der Waals surface area (Å²) < 4.78 is 0. The first-order valence-electron chi connectivity index (χ1n) is 3.15. The number of hydrogen-bond donors (Lipinski definition) is 0. The molecule has 1 rings (SSSR count). The molecule has 0 aliphatic rings. The lowest BCUT2D eigenvalue weighted by atomic mass is 10.2. The number of terminal acetylenes is 1. The molecule has 0 spiro atoms. The zero-order chi connectivity index (χ0) is 9.72. The Labute approximate surface area is 85.5 Å². The SMILES string of the molecule is C#C.Cc1cc(Cl)c(Cl)cc1P. The molecule has 1 unspecified atom stereocenters. The third-order valence-electron chi connectivity index (χ3n) is 1.31. The third-order valence-corrected chi connectivity index (χ3v) is 2.65. The summed E-state index contributed by atoms with van der Waals surface area (Å²) in [4.78, 5) is 0. The Balaban J connectivity index is 0.000000561. The van der Waals surface area contributed by atoms with Gasteiger partial charge in [0.2, 0.25) is 0 Å². The topological polar surface area (TPSA) is 0 Å². The molecule has 0 fully saturated rings. The average molecular weight is 219 g/mol. The summed E-state index contributed by atoms with van der Waals surface area (Å²) in [5, 5.41) is 2.32. The molecule has 0 amide bonds. The molecule has 1 atom stereocenters. The summed E-state index contributed by atoms with van der Waals surface area (Å²) in [6.07, 6.45) is 8.00. The highest BCUT2D eigenvalue weighted by Gasteiger charge is 1.99. The maximum Gasteiger partial charge on any atom is 0.0598 e.